The summed E-state index contributed by atoms with van der Waals surface area (Å²) >= 11 is 1.53. The van der Waals surface area contributed by atoms with Crippen molar-refractivity contribution in [2.24, 2.45) is 23.2 Å². The summed E-state index contributed by atoms with van der Waals surface area (Å²) in [6, 6.07) is -1.35. The number of carbonyl (C=O) groups excluding carboxylic acids is 2. The van der Waals surface area contributed by atoms with E-state index in [1.54, 1.807) is 11.0 Å². The second-order valence-electron chi connectivity index (χ2n) is 12.4. The van der Waals surface area contributed by atoms with Gasteiger partial charge in [-0.05, 0) is 44.4 Å². The monoisotopic (exact) mass is 494 g/mol. The van der Waals surface area contributed by atoms with Crippen LogP contribution in [-0.2, 0) is 14.4 Å². The van der Waals surface area contributed by atoms with Crippen LogP contribution < -0.4 is 0 Å². The van der Waals surface area contributed by atoms with Gasteiger partial charge < -0.3 is 20.0 Å². The predicted molar refractivity (Wildman–Crippen MR) is 134 cm³/mol. The molecule has 3 saturated heterocycles. The molecule has 3 aliphatic rings. The lowest BCUT2D eigenvalue weighted by atomic mass is 9.71. The molecule has 3 aliphatic heterocycles. The van der Waals surface area contributed by atoms with Crippen molar-refractivity contribution in [3.05, 3.63) is 12.7 Å². The van der Waals surface area contributed by atoms with Crippen LogP contribution in [0, 0.1) is 23.2 Å². The molecule has 0 aromatic rings. The zero-order valence-corrected chi connectivity index (χ0v) is 22.5. The molecule has 3 rings (SSSR count). The van der Waals surface area contributed by atoms with Crippen molar-refractivity contribution in [3.8, 4) is 0 Å². The smallest absolute Gasteiger partial charge is 0.308 e. The van der Waals surface area contributed by atoms with Crippen molar-refractivity contribution in [2.75, 3.05) is 13.2 Å². The number of carbonyl (C=O) groups is 3. The number of carboxylic acids is 1. The van der Waals surface area contributed by atoms with E-state index in [1.807, 2.05) is 32.6 Å². The van der Waals surface area contributed by atoms with Gasteiger partial charge in [-0.2, -0.15) is 0 Å². The summed E-state index contributed by atoms with van der Waals surface area (Å²) in [6.07, 6.45) is 3.77. The van der Waals surface area contributed by atoms with E-state index in [1.165, 1.54) is 11.8 Å². The SMILES string of the molecule is C=CCN(C(=O)C1N([C@@H](CO)C(C)C)C(=O)[C@@H]2[C@H](C(=O)O)[C@@H]3CCC12S3)C(C)(C)CC(C)(C)C. The molecule has 8 heteroatoms. The maximum absolute atomic E-state index is 14.5. The number of aliphatic hydroxyl groups excluding tert-OH is 1. The fraction of sp³-hybridized carbons (Fsp3) is 0.808. The summed E-state index contributed by atoms with van der Waals surface area (Å²) in [5, 5.41) is 20.1. The molecule has 7 nitrogen and oxygen atoms in total. The Morgan fingerprint density at radius 1 is 1.29 bits per heavy atom. The fourth-order valence-electron chi connectivity index (χ4n) is 6.93. The van der Waals surface area contributed by atoms with E-state index in [-0.39, 0.29) is 35.0 Å². The molecule has 3 fully saturated rings. The van der Waals surface area contributed by atoms with Crippen molar-refractivity contribution < 1.29 is 24.6 Å². The Bertz CT molecular complexity index is 851. The average Bonchev–Trinajstić information content (AvgIpc) is 3.32. The molecule has 0 saturated carbocycles. The summed E-state index contributed by atoms with van der Waals surface area (Å²) < 4.78 is -0.776. The highest BCUT2D eigenvalue weighted by Gasteiger charge is 2.75. The summed E-state index contributed by atoms with van der Waals surface area (Å²) in [6.45, 7) is 18.3. The van der Waals surface area contributed by atoms with Gasteiger partial charge in [-0.25, -0.2) is 0 Å². The molecule has 0 aromatic heterocycles. The molecule has 0 aromatic carbocycles. The van der Waals surface area contributed by atoms with Crippen LogP contribution in [0.15, 0.2) is 12.7 Å². The molecule has 2 amide bonds. The molecule has 0 radical (unpaired) electrons. The molecular weight excluding hydrogens is 452 g/mol. The van der Waals surface area contributed by atoms with Crippen molar-refractivity contribution >= 4 is 29.5 Å². The number of hydrogen-bond donors (Lipinski definition) is 2. The standard InChI is InChI=1S/C26H42N2O5S/c1-9-12-27(25(7,8)14-24(4,5)6)22(31)20-26-11-10-17(34-26)18(23(32)33)19(26)21(30)28(20)16(13-29)15(2)3/h9,15-20,29H,1,10-14H2,2-8H3,(H,32,33)/t16-,17-,18+,19-,20?,26?/m0/s1. The fourth-order valence-corrected chi connectivity index (χ4v) is 9.13. The number of thioether (sulfide) groups is 1. The number of likely N-dealkylation sites (tertiary alicyclic amines) is 1. The van der Waals surface area contributed by atoms with Gasteiger partial charge in [-0.15, -0.1) is 18.3 Å². The van der Waals surface area contributed by atoms with E-state index in [2.05, 4.69) is 27.4 Å². The summed E-state index contributed by atoms with van der Waals surface area (Å²) in [7, 11) is 0. The minimum absolute atomic E-state index is 0.0320. The molecule has 192 valence electrons. The van der Waals surface area contributed by atoms with Crippen LogP contribution in [0.5, 0.6) is 0 Å². The van der Waals surface area contributed by atoms with Gasteiger partial charge in [-0.1, -0.05) is 40.7 Å². The quantitative estimate of drug-likeness (QED) is 0.477. The highest BCUT2D eigenvalue weighted by molar-refractivity contribution is 8.02. The molecule has 0 aliphatic carbocycles. The van der Waals surface area contributed by atoms with Gasteiger partial charge in [-0.3, -0.25) is 14.4 Å². The minimum Gasteiger partial charge on any atom is -0.481 e. The van der Waals surface area contributed by atoms with E-state index < -0.39 is 40.2 Å². The third-order valence-electron chi connectivity index (χ3n) is 7.84. The van der Waals surface area contributed by atoms with E-state index >= 15 is 0 Å². The van der Waals surface area contributed by atoms with Crippen LogP contribution in [0.3, 0.4) is 0 Å². The third kappa shape index (κ3) is 4.29. The van der Waals surface area contributed by atoms with Crippen LogP contribution >= 0.6 is 11.8 Å². The Hall–Kier alpha value is -1.54. The maximum atomic E-state index is 14.5. The van der Waals surface area contributed by atoms with Gasteiger partial charge in [0, 0.05) is 17.3 Å². The summed E-state index contributed by atoms with van der Waals surface area (Å²) in [5.74, 6) is -3.05. The van der Waals surface area contributed by atoms with E-state index in [0.717, 1.165) is 6.42 Å². The second-order valence-corrected chi connectivity index (χ2v) is 14.0. The van der Waals surface area contributed by atoms with Gasteiger partial charge in [0.05, 0.1) is 29.2 Å². The summed E-state index contributed by atoms with van der Waals surface area (Å²) in [5.41, 5.74) is -0.539. The molecule has 1 spiro atoms. The highest BCUT2D eigenvalue weighted by atomic mass is 32.2. The van der Waals surface area contributed by atoms with Gasteiger partial charge >= 0.3 is 5.97 Å². The number of carboxylic acid groups (broad SMARTS) is 1. The van der Waals surface area contributed by atoms with Crippen LogP contribution in [0.1, 0.15) is 67.7 Å². The Morgan fingerprint density at radius 3 is 2.38 bits per heavy atom. The van der Waals surface area contributed by atoms with Crippen LogP contribution in [-0.4, -0.2) is 78.6 Å². The van der Waals surface area contributed by atoms with Crippen molar-refractivity contribution in [1.29, 1.82) is 0 Å². The van der Waals surface area contributed by atoms with E-state index in [9.17, 15) is 24.6 Å². The maximum Gasteiger partial charge on any atom is 0.308 e. The summed E-state index contributed by atoms with van der Waals surface area (Å²) in [4.78, 5) is 44.1. The highest BCUT2D eigenvalue weighted by Crippen LogP contribution is 2.67. The minimum atomic E-state index is -0.966. The third-order valence-corrected chi connectivity index (χ3v) is 9.79. The van der Waals surface area contributed by atoms with Crippen molar-refractivity contribution in [2.45, 2.75) is 95.3 Å². The van der Waals surface area contributed by atoms with Gasteiger partial charge in [0.25, 0.3) is 0 Å². The topological polar surface area (TPSA) is 98.2 Å². The zero-order valence-electron chi connectivity index (χ0n) is 21.7. The van der Waals surface area contributed by atoms with Crippen LogP contribution in [0.2, 0.25) is 0 Å². The number of aliphatic carboxylic acids is 1. The van der Waals surface area contributed by atoms with Crippen molar-refractivity contribution in [1.82, 2.24) is 9.80 Å². The van der Waals surface area contributed by atoms with Crippen LogP contribution in [0.25, 0.3) is 0 Å². The molecule has 6 atom stereocenters. The van der Waals surface area contributed by atoms with E-state index in [4.69, 9.17) is 0 Å². The lowest BCUT2D eigenvalue weighted by Crippen LogP contribution is -2.62. The first kappa shape index (κ1) is 27.1. The molecular formula is C26H42N2O5S. The Balaban J connectivity index is 2.14. The zero-order chi connectivity index (χ0) is 25.8. The number of aliphatic hydroxyl groups is 1. The molecule has 2 unspecified atom stereocenters. The molecule has 3 heterocycles. The number of fused-ring (bicyclic) bond motifs is 1. The first-order valence-corrected chi connectivity index (χ1v) is 13.3. The predicted octanol–water partition coefficient (Wildman–Crippen LogP) is 3.41. The first-order chi connectivity index (χ1) is 15.6. The normalized spacial score (nSPS) is 31.7. The number of rotatable bonds is 9. The Morgan fingerprint density at radius 2 is 1.91 bits per heavy atom. The molecule has 34 heavy (non-hydrogen) atoms. The average molecular weight is 495 g/mol. The van der Waals surface area contributed by atoms with Gasteiger partial charge in [0.2, 0.25) is 11.8 Å². The molecule has 2 N–H and O–H groups in total. The second kappa shape index (κ2) is 9.16. The lowest BCUT2D eigenvalue weighted by Gasteiger charge is -2.47. The largest absolute Gasteiger partial charge is 0.481 e. The van der Waals surface area contributed by atoms with E-state index in [0.29, 0.717) is 19.4 Å². The lowest BCUT2D eigenvalue weighted by molar-refractivity contribution is -0.151. The van der Waals surface area contributed by atoms with Crippen molar-refractivity contribution in [3.63, 3.8) is 0 Å². The van der Waals surface area contributed by atoms with Crippen LogP contribution in [0.4, 0.5) is 0 Å². The number of nitrogens with zero attached hydrogens (tertiary/aromatic N) is 2. The number of hydrogen-bond acceptors (Lipinski definition) is 5. The molecule has 2 bridgehead atoms. The van der Waals surface area contributed by atoms with Gasteiger partial charge in [0.15, 0.2) is 0 Å². The first-order valence-electron chi connectivity index (χ1n) is 12.4. The number of amides is 2. The Kier molecular flexibility index (Phi) is 7.29. The Labute approximate surface area is 208 Å². The van der Waals surface area contributed by atoms with Gasteiger partial charge in [0.1, 0.15) is 6.04 Å².